The molecule has 0 spiro atoms. The van der Waals surface area contributed by atoms with Crippen LogP contribution in [0.1, 0.15) is 39.0 Å². The van der Waals surface area contributed by atoms with Gasteiger partial charge in [-0.3, -0.25) is 0 Å². The Labute approximate surface area is 75.9 Å². The molecule has 0 heterocycles. The van der Waals surface area contributed by atoms with E-state index in [1.165, 1.54) is 25.7 Å². The molecule has 0 aliphatic heterocycles. The van der Waals surface area contributed by atoms with Crippen LogP contribution < -0.4 is 11.1 Å². The van der Waals surface area contributed by atoms with Crippen molar-refractivity contribution in [1.29, 1.82) is 0 Å². The van der Waals surface area contributed by atoms with E-state index in [4.69, 9.17) is 5.73 Å². The fraction of sp³-hybridized carbons (Fsp3) is 1.00. The third-order valence-corrected chi connectivity index (χ3v) is 2.79. The van der Waals surface area contributed by atoms with Gasteiger partial charge in [0.1, 0.15) is 0 Å². The lowest BCUT2D eigenvalue weighted by atomic mass is 9.81. The molecule has 0 saturated heterocycles. The lowest BCUT2D eigenvalue weighted by Gasteiger charge is -2.28. The summed E-state index contributed by atoms with van der Waals surface area (Å²) in [6.07, 6.45) is 6.85. The van der Waals surface area contributed by atoms with Gasteiger partial charge in [-0.1, -0.05) is 19.3 Å². The van der Waals surface area contributed by atoms with E-state index < -0.39 is 0 Å². The molecule has 1 rings (SSSR count). The minimum atomic E-state index is 0.696. The first kappa shape index (κ1) is 10.0. The van der Waals surface area contributed by atoms with Crippen molar-refractivity contribution in [2.45, 2.75) is 45.1 Å². The Kier molecular flexibility index (Phi) is 4.62. The zero-order valence-corrected chi connectivity index (χ0v) is 8.18. The van der Waals surface area contributed by atoms with Crippen LogP contribution in [0.15, 0.2) is 0 Å². The van der Waals surface area contributed by atoms with E-state index in [1.807, 2.05) is 0 Å². The van der Waals surface area contributed by atoms with Crippen molar-refractivity contribution in [3.05, 3.63) is 0 Å². The first-order valence-electron chi connectivity index (χ1n) is 5.26. The average molecular weight is 170 g/mol. The summed E-state index contributed by atoms with van der Waals surface area (Å²) in [6.45, 7) is 4.18. The van der Waals surface area contributed by atoms with Crippen LogP contribution >= 0.6 is 0 Å². The van der Waals surface area contributed by atoms with Crippen molar-refractivity contribution in [1.82, 2.24) is 5.32 Å². The second kappa shape index (κ2) is 5.55. The van der Waals surface area contributed by atoms with E-state index in [9.17, 15) is 0 Å². The molecule has 2 nitrogen and oxygen atoms in total. The maximum atomic E-state index is 5.41. The van der Waals surface area contributed by atoms with Crippen LogP contribution in [0, 0.1) is 5.92 Å². The summed E-state index contributed by atoms with van der Waals surface area (Å²) in [7, 11) is 0. The zero-order chi connectivity index (χ0) is 8.81. The summed E-state index contributed by atoms with van der Waals surface area (Å²) >= 11 is 0. The van der Waals surface area contributed by atoms with Gasteiger partial charge in [-0.2, -0.15) is 0 Å². The Hall–Kier alpha value is -0.0800. The molecule has 1 aliphatic carbocycles. The van der Waals surface area contributed by atoms with Crippen LogP contribution in [-0.2, 0) is 0 Å². The number of rotatable bonds is 6. The highest BCUT2D eigenvalue weighted by Gasteiger charge is 2.19. The fourth-order valence-corrected chi connectivity index (χ4v) is 1.76. The number of hydrogen-bond donors (Lipinski definition) is 2. The smallest absolute Gasteiger partial charge is 0.00413 e. The Morgan fingerprint density at radius 1 is 1.50 bits per heavy atom. The molecule has 1 fully saturated rings. The van der Waals surface area contributed by atoms with Gasteiger partial charge in [-0.25, -0.2) is 0 Å². The molecule has 3 N–H and O–H groups in total. The normalized spacial score (nSPS) is 20.5. The van der Waals surface area contributed by atoms with Gasteiger partial charge in [0.25, 0.3) is 0 Å². The maximum absolute atomic E-state index is 5.41. The number of hydrogen-bond acceptors (Lipinski definition) is 2. The third kappa shape index (κ3) is 3.55. The molecule has 1 unspecified atom stereocenters. The summed E-state index contributed by atoms with van der Waals surface area (Å²) in [5, 5.41) is 3.50. The Morgan fingerprint density at radius 2 is 2.25 bits per heavy atom. The second-order valence-corrected chi connectivity index (χ2v) is 4.03. The topological polar surface area (TPSA) is 38.0 Å². The van der Waals surface area contributed by atoms with Gasteiger partial charge in [0.15, 0.2) is 0 Å². The summed E-state index contributed by atoms with van der Waals surface area (Å²) < 4.78 is 0. The van der Waals surface area contributed by atoms with Crippen molar-refractivity contribution in [2.75, 3.05) is 13.1 Å². The second-order valence-electron chi connectivity index (χ2n) is 4.03. The lowest BCUT2D eigenvalue weighted by molar-refractivity contribution is 0.266. The predicted octanol–water partition coefficient (Wildman–Crippen LogP) is 1.50. The molecule has 1 atom stereocenters. The molecule has 12 heavy (non-hydrogen) atoms. The molecule has 2 heteroatoms. The quantitative estimate of drug-likeness (QED) is 0.593. The van der Waals surface area contributed by atoms with Crippen molar-refractivity contribution >= 4 is 0 Å². The highest BCUT2D eigenvalue weighted by atomic mass is 14.9. The van der Waals surface area contributed by atoms with Crippen LogP contribution in [0.4, 0.5) is 0 Å². The minimum Gasteiger partial charge on any atom is -0.330 e. The molecule has 0 aromatic heterocycles. The van der Waals surface area contributed by atoms with E-state index >= 15 is 0 Å². The van der Waals surface area contributed by atoms with Crippen molar-refractivity contribution in [3.63, 3.8) is 0 Å². The van der Waals surface area contributed by atoms with Crippen LogP contribution in [-0.4, -0.2) is 19.1 Å². The van der Waals surface area contributed by atoms with Crippen LogP contribution in [0.2, 0.25) is 0 Å². The molecule has 1 aliphatic rings. The summed E-state index contributed by atoms with van der Waals surface area (Å²) in [6, 6.07) is 0.696. The molecular formula is C10H22N2. The van der Waals surface area contributed by atoms with Crippen molar-refractivity contribution in [2.24, 2.45) is 11.7 Å². The fourth-order valence-electron chi connectivity index (χ4n) is 1.76. The first-order chi connectivity index (χ1) is 5.83. The highest BCUT2D eigenvalue weighted by molar-refractivity contribution is 4.74. The van der Waals surface area contributed by atoms with Crippen LogP contribution in [0.5, 0.6) is 0 Å². The molecule has 0 radical (unpaired) electrons. The molecule has 0 bridgehead atoms. The molecule has 72 valence electrons. The predicted molar refractivity (Wildman–Crippen MR) is 53.1 cm³/mol. The molecule has 0 aromatic rings. The van der Waals surface area contributed by atoms with Gasteiger partial charge in [0, 0.05) is 6.04 Å². The van der Waals surface area contributed by atoms with E-state index in [0.717, 1.165) is 25.4 Å². The van der Waals surface area contributed by atoms with Gasteiger partial charge in [0.2, 0.25) is 0 Å². The van der Waals surface area contributed by atoms with Crippen LogP contribution in [0.25, 0.3) is 0 Å². The minimum absolute atomic E-state index is 0.696. The number of nitrogens with one attached hydrogen (secondary N) is 1. The molecule has 1 saturated carbocycles. The zero-order valence-electron chi connectivity index (χ0n) is 8.18. The maximum Gasteiger partial charge on any atom is 0.00413 e. The molecule has 0 aromatic carbocycles. The highest BCUT2D eigenvalue weighted by Crippen LogP contribution is 2.30. The molecular weight excluding hydrogens is 148 g/mol. The van der Waals surface area contributed by atoms with E-state index in [0.29, 0.717) is 6.04 Å². The average Bonchev–Trinajstić information content (AvgIpc) is 1.98. The van der Waals surface area contributed by atoms with Gasteiger partial charge in [0.05, 0.1) is 0 Å². The van der Waals surface area contributed by atoms with E-state index in [2.05, 4.69) is 12.2 Å². The first-order valence-corrected chi connectivity index (χ1v) is 5.26. The lowest BCUT2D eigenvalue weighted by Crippen LogP contribution is -2.31. The van der Waals surface area contributed by atoms with E-state index in [1.54, 1.807) is 0 Å². The summed E-state index contributed by atoms with van der Waals surface area (Å²) in [5.74, 6) is 1.02. The summed E-state index contributed by atoms with van der Waals surface area (Å²) in [4.78, 5) is 0. The van der Waals surface area contributed by atoms with Crippen molar-refractivity contribution < 1.29 is 0 Å². The molecule has 0 amide bonds. The number of nitrogens with two attached hydrogens (primary N) is 1. The standard InChI is InChI=1S/C10H22N2/c1-9(12-7-3-6-11)8-10-4-2-5-10/h9-10,12H,2-8,11H2,1H3. The largest absolute Gasteiger partial charge is 0.330 e. The Bertz CT molecular complexity index is 110. The van der Waals surface area contributed by atoms with Gasteiger partial charge in [-0.15, -0.1) is 0 Å². The van der Waals surface area contributed by atoms with Gasteiger partial charge in [-0.05, 0) is 38.8 Å². The van der Waals surface area contributed by atoms with Crippen molar-refractivity contribution in [3.8, 4) is 0 Å². The van der Waals surface area contributed by atoms with Crippen LogP contribution in [0.3, 0.4) is 0 Å². The Morgan fingerprint density at radius 3 is 2.75 bits per heavy atom. The van der Waals surface area contributed by atoms with Gasteiger partial charge < -0.3 is 11.1 Å². The summed E-state index contributed by atoms with van der Waals surface area (Å²) in [5.41, 5.74) is 5.41. The van der Waals surface area contributed by atoms with E-state index in [-0.39, 0.29) is 0 Å². The SMILES string of the molecule is CC(CC1CCC1)NCCCN. The Balaban J connectivity index is 1.91. The van der Waals surface area contributed by atoms with Gasteiger partial charge >= 0.3 is 0 Å². The monoisotopic (exact) mass is 170 g/mol. The third-order valence-electron chi connectivity index (χ3n) is 2.79.